The van der Waals surface area contributed by atoms with Gasteiger partial charge in [-0.05, 0) is 25.1 Å². The van der Waals surface area contributed by atoms with E-state index in [1.165, 1.54) is 12.3 Å². The number of hydroxylamine groups is 4. The monoisotopic (exact) mass is 255 g/mol. The molecule has 1 unspecified atom stereocenters. The zero-order chi connectivity index (χ0) is 10.6. The van der Waals surface area contributed by atoms with Gasteiger partial charge in [0.2, 0.25) is 0 Å². The molecule has 4 nitrogen and oxygen atoms in total. The van der Waals surface area contributed by atoms with Crippen LogP contribution in [0.25, 0.3) is 0 Å². The van der Waals surface area contributed by atoms with Gasteiger partial charge < -0.3 is 32.0 Å². The molecule has 6 heteroatoms. The Hall–Kier alpha value is -0.0438. The Bertz CT molecular complexity index is 290. The molecule has 1 heterocycles. The molecule has 1 aromatic heterocycles. The molecule has 16 heavy (non-hydrogen) atoms. The third-order valence-corrected chi connectivity index (χ3v) is 2.21. The third kappa shape index (κ3) is 5.33. The second kappa shape index (κ2) is 8.11. The van der Waals surface area contributed by atoms with Gasteiger partial charge in [-0.2, -0.15) is 0 Å². The summed E-state index contributed by atoms with van der Waals surface area (Å²) in [6, 6.07) is 2.85. The Morgan fingerprint density at radius 3 is 2.62 bits per heavy atom. The molecule has 0 aliphatic carbocycles. The largest absolute Gasteiger partial charge is 2.00 e. The number of nitrogens with zero attached hydrogens (tertiary/aromatic N) is 1. The van der Waals surface area contributed by atoms with Crippen LogP contribution in [0.5, 0.6) is 0 Å². The van der Waals surface area contributed by atoms with Crippen LogP contribution in [0, 0.1) is 10.4 Å². The van der Waals surface area contributed by atoms with Gasteiger partial charge >= 0.3 is 23.1 Å². The maximum absolute atomic E-state index is 11.4. The number of hydrogen-bond donors (Lipinski definition) is 0. The van der Waals surface area contributed by atoms with Gasteiger partial charge in [0.15, 0.2) is 0 Å². The fraction of sp³-hybridized carbons (Fsp3) is 0.400. The normalized spacial score (nSPS) is 12.2. The van der Waals surface area contributed by atoms with Crippen LogP contribution in [-0.2, 0) is 6.42 Å². The second-order valence-electron chi connectivity index (χ2n) is 3.26. The molecule has 0 aliphatic heterocycles. The first-order valence-electron chi connectivity index (χ1n) is 4.51. The first-order valence-corrected chi connectivity index (χ1v) is 4.51. The third-order valence-electron chi connectivity index (χ3n) is 2.21. The van der Waals surface area contributed by atoms with Crippen molar-refractivity contribution >= 4 is 23.1 Å². The van der Waals surface area contributed by atoms with E-state index in [2.05, 4.69) is 6.58 Å². The van der Waals surface area contributed by atoms with Crippen LogP contribution >= 0.6 is 0 Å². The Morgan fingerprint density at radius 1 is 1.56 bits per heavy atom. The molecule has 0 aliphatic rings. The van der Waals surface area contributed by atoms with E-state index in [1.54, 1.807) is 19.1 Å². The SMILES string of the molecule is C=CC(C)[N+]([O-])([O-])CCc1ccco1.[Cl-].[Mg+2]. The van der Waals surface area contributed by atoms with E-state index in [0.29, 0.717) is 12.2 Å². The van der Waals surface area contributed by atoms with Gasteiger partial charge in [0.25, 0.3) is 0 Å². The van der Waals surface area contributed by atoms with E-state index in [-0.39, 0.29) is 42.0 Å². The number of hydrogen-bond acceptors (Lipinski definition) is 3. The molecule has 0 fully saturated rings. The molecular formula is C10H14ClMgNO3. The van der Waals surface area contributed by atoms with Crippen LogP contribution in [0.2, 0.25) is 0 Å². The Morgan fingerprint density at radius 2 is 2.19 bits per heavy atom. The van der Waals surface area contributed by atoms with Crippen LogP contribution in [0.15, 0.2) is 35.5 Å². The number of quaternary nitrogens is 1. The summed E-state index contributed by atoms with van der Waals surface area (Å²) < 4.78 is 5.03. The first kappa shape index (κ1) is 18.3. The number of rotatable bonds is 5. The smallest absolute Gasteiger partial charge is 1.00 e. The minimum atomic E-state index is -1.55. The number of furan rings is 1. The van der Waals surface area contributed by atoms with E-state index in [4.69, 9.17) is 4.42 Å². The predicted octanol–water partition coefficient (Wildman–Crippen LogP) is -1.17. The second-order valence-corrected chi connectivity index (χ2v) is 3.26. The van der Waals surface area contributed by atoms with Crippen LogP contribution in [-0.4, -0.2) is 40.4 Å². The maximum atomic E-state index is 11.4. The van der Waals surface area contributed by atoms with Gasteiger partial charge in [0.05, 0.1) is 19.2 Å². The summed E-state index contributed by atoms with van der Waals surface area (Å²) in [5, 5.41) is 22.8. The molecule has 1 aromatic rings. The summed E-state index contributed by atoms with van der Waals surface area (Å²) in [7, 11) is 0. The minimum absolute atomic E-state index is 0. The molecule has 1 atom stereocenters. The van der Waals surface area contributed by atoms with Crippen molar-refractivity contribution in [2.24, 2.45) is 0 Å². The van der Waals surface area contributed by atoms with E-state index in [9.17, 15) is 10.4 Å². The zero-order valence-corrected chi connectivity index (χ0v) is 11.4. The average Bonchev–Trinajstić information content (AvgIpc) is 2.66. The molecular weight excluding hydrogens is 242 g/mol. The van der Waals surface area contributed by atoms with Crippen molar-refractivity contribution in [1.29, 1.82) is 0 Å². The topological polar surface area (TPSA) is 59.3 Å². The Balaban J connectivity index is 0. The molecule has 0 aromatic carbocycles. The standard InChI is InChI=1S/C10H14NO3.ClH.Mg/c1-3-9(2)11(12,13)7-6-10-5-4-8-14-10;;/h3-5,8-9H,1,6-7H2,2H3;1H;/q-1;;+2/p-1. The van der Waals surface area contributed by atoms with Crippen molar-refractivity contribution in [1.82, 2.24) is 0 Å². The van der Waals surface area contributed by atoms with Crippen LogP contribution in [0.3, 0.4) is 0 Å². The van der Waals surface area contributed by atoms with Crippen molar-refractivity contribution in [2.45, 2.75) is 19.4 Å². The maximum Gasteiger partial charge on any atom is 2.00 e. The van der Waals surface area contributed by atoms with Gasteiger partial charge in [-0.25, -0.2) is 0 Å². The van der Waals surface area contributed by atoms with E-state index in [0.717, 1.165) is 0 Å². The molecule has 0 saturated heterocycles. The average molecular weight is 256 g/mol. The quantitative estimate of drug-likeness (QED) is 0.289. The summed E-state index contributed by atoms with van der Waals surface area (Å²) in [5.74, 6) is 0.662. The Labute approximate surface area is 118 Å². The number of halogens is 1. The van der Waals surface area contributed by atoms with Crippen molar-refractivity contribution in [2.75, 3.05) is 6.54 Å². The summed E-state index contributed by atoms with van der Waals surface area (Å²) in [5.41, 5.74) is 0. The summed E-state index contributed by atoms with van der Waals surface area (Å²) in [6.45, 7) is 4.96. The fourth-order valence-corrected chi connectivity index (χ4v) is 1.09. The van der Waals surface area contributed by atoms with Crippen molar-refractivity contribution in [3.05, 3.63) is 47.2 Å². The molecule has 0 N–H and O–H groups in total. The molecule has 0 amide bonds. The molecule has 86 valence electrons. The van der Waals surface area contributed by atoms with E-state index in [1.807, 2.05) is 0 Å². The van der Waals surface area contributed by atoms with Crippen LogP contribution in [0.4, 0.5) is 0 Å². The zero-order valence-electron chi connectivity index (χ0n) is 9.27. The van der Waals surface area contributed by atoms with E-state index >= 15 is 0 Å². The summed E-state index contributed by atoms with van der Waals surface area (Å²) in [4.78, 5) is -1.55. The van der Waals surface area contributed by atoms with Crippen LogP contribution < -0.4 is 12.4 Å². The Kier molecular flexibility index (Phi) is 9.28. The molecule has 0 radical (unpaired) electrons. The first-order chi connectivity index (χ1) is 6.56. The van der Waals surface area contributed by atoms with Gasteiger partial charge in [0, 0.05) is 0 Å². The summed E-state index contributed by atoms with van der Waals surface area (Å²) in [6.07, 6.45) is 3.26. The van der Waals surface area contributed by atoms with Gasteiger partial charge in [-0.1, -0.05) is 6.58 Å². The fourth-order valence-electron chi connectivity index (χ4n) is 1.09. The van der Waals surface area contributed by atoms with Crippen molar-refractivity contribution < 1.29 is 21.6 Å². The van der Waals surface area contributed by atoms with Gasteiger partial charge in [-0.3, -0.25) is 0 Å². The van der Waals surface area contributed by atoms with Gasteiger partial charge in [-0.15, -0.1) is 0 Å². The van der Waals surface area contributed by atoms with E-state index < -0.39 is 10.9 Å². The molecule has 0 saturated carbocycles. The van der Waals surface area contributed by atoms with Gasteiger partial charge in [0.1, 0.15) is 11.8 Å². The predicted molar refractivity (Wildman–Crippen MR) is 59.7 cm³/mol. The van der Waals surface area contributed by atoms with Crippen LogP contribution in [0.1, 0.15) is 12.7 Å². The molecule has 0 bridgehead atoms. The summed E-state index contributed by atoms with van der Waals surface area (Å²) >= 11 is 0. The van der Waals surface area contributed by atoms with Crippen molar-refractivity contribution in [3.63, 3.8) is 0 Å². The molecule has 1 rings (SSSR count). The molecule has 0 spiro atoms. The van der Waals surface area contributed by atoms with Crippen molar-refractivity contribution in [3.8, 4) is 0 Å². The minimum Gasteiger partial charge on any atom is -1.00 e.